The lowest BCUT2D eigenvalue weighted by atomic mass is 10.3. The van der Waals surface area contributed by atoms with Crippen LogP contribution in [0.1, 0.15) is 6.92 Å². The van der Waals surface area contributed by atoms with Crippen LogP contribution in [-0.4, -0.2) is 41.5 Å². The molecule has 0 saturated heterocycles. The van der Waals surface area contributed by atoms with E-state index in [1.165, 1.54) is 23.1 Å². The summed E-state index contributed by atoms with van der Waals surface area (Å²) >= 11 is 2.87. The highest BCUT2D eigenvalue weighted by molar-refractivity contribution is 8.14. The van der Waals surface area contributed by atoms with E-state index in [-0.39, 0.29) is 5.91 Å². The van der Waals surface area contributed by atoms with Gasteiger partial charge in [-0.3, -0.25) is 9.79 Å². The van der Waals surface area contributed by atoms with Crippen molar-refractivity contribution in [1.82, 2.24) is 10.3 Å². The lowest BCUT2D eigenvalue weighted by Gasteiger charge is -2.02. The zero-order valence-corrected chi connectivity index (χ0v) is 13.7. The molecule has 0 aliphatic carbocycles. The molecular weight excluding hydrogens is 320 g/mol. The number of carbonyl (C=O) groups excluding carboxylic acids is 1. The van der Waals surface area contributed by atoms with Gasteiger partial charge < -0.3 is 15.4 Å². The number of hydrogen-bond donors (Lipinski definition) is 2. The second-order valence-electron chi connectivity index (χ2n) is 4.53. The first-order valence-corrected chi connectivity index (χ1v) is 8.79. The maximum Gasteiger partial charge on any atom is 0.236 e. The van der Waals surface area contributed by atoms with Crippen molar-refractivity contribution in [2.24, 2.45) is 4.99 Å². The third kappa shape index (κ3) is 3.69. The minimum atomic E-state index is -0.0783. The van der Waals surface area contributed by atoms with E-state index in [1.54, 1.807) is 0 Å². The van der Waals surface area contributed by atoms with Gasteiger partial charge in [-0.1, -0.05) is 23.1 Å². The maximum absolute atomic E-state index is 11.9. The van der Waals surface area contributed by atoms with Crippen LogP contribution in [0.2, 0.25) is 0 Å². The van der Waals surface area contributed by atoms with E-state index in [9.17, 15) is 4.79 Å². The number of rotatable bonds is 5. The SMILES string of the molecule is CCOc1ccc2sc(NC(=O)CSC3=NCCN3)nc2c1. The molecule has 1 aliphatic rings. The van der Waals surface area contributed by atoms with Crippen molar-refractivity contribution < 1.29 is 9.53 Å². The largest absolute Gasteiger partial charge is 0.494 e. The number of amidine groups is 1. The summed E-state index contributed by atoms with van der Waals surface area (Å²) < 4.78 is 6.48. The Morgan fingerprint density at radius 2 is 2.45 bits per heavy atom. The van der Waals surface area contributed by atoms with E-state index in [4.69, 9.17) is 4.74 Å². The van der Waals surface area contributed by atoms with Crippen molar-refractivity contribution in [3.63, 3.8) is 0 Å². The average Bonchev–Trinajstić information content (AvgIpc) is 3.13. The van der Waals surface area contributed by atoms with Gasteiger partial charge in [0.25, 0.3) is 0 Å². The van der Waals surface area contributed by atoms with Crippen LogP contribution < -0.4 is 15.4 Å². The summed E-state index contributed by atoms with van der Waals surface area (Å²) in [6, 6.07) is 5.76. The van der Waals surface area contributed by atoms with Gasteiger partial charge in [-0.15, -0.1) is 0 Å². The molecule has 8 heteroatoms. The Kier molecular flexibility index (Phi) is 4.79. The second kappa shape index (κ2) is 6.97. The van der Waals surface area contributed by atoms with E-state index in [2.05, 4.69) is 20.6 Å². The van der Waals surface area contributed by atoms with Crippen LogP contribution >= 0.6 is 23.1 Å². The van der Waals surface area contributed by atoms with Crippen molar-refractivity contribution in [2.45, 2.75) is 6.92 Å². The fourth-order valence-corrected chi connectivity index (χ4v) is 3.57. The Hall–Kier alpha value is -1.80. The van der Waals surface area contributed by atoms with E-state index in [1.807, 2.05) is 25.1 Å². The summed E-state index contributed by atoms with van der Waals surface area (Å²) in [7, 11) is 0. The zero-order chi connectivity index (χ0) is 15.4. The lowest BCUT2D eigenvalue weighted by molar-refractivity contribution is -0.113. The molecule has 22 heavy (non-hydrogen) atoms. The number of nitrogens with one attached hydrogen (secondary N) is 2. The number of fused-ring (bicyclic) bond motifs is 1. The fraction of sp³-hybridized carbons (Fsp3) is 0.357. The van der Waals surface area contributed by atoms with Gasteiger partial charge in [0.05, 0.1) is 29.1 Å². The van der Waals surface area contributed by atoms with E-state index in [0.29, 0.717) is 17.5 Å². The van der Waals surface area contributed by atoms with Crippen LogP contribution in [0.5, 0.6) is 5.75 Å². The van der Waals surface area contributed by atoms with Gasteiger partial charge in [0.1, 0.15) is 5.75 Å². The fourth-order valence-electron chi connectivity index (χ4n) is 1.98. The Balaban J connectivity index is 1.61. The Morgan fingerprint density at radius 1 is 1.55 bits per heavy atom. The number of anilines is 1. The van der Waals surface area contributed by atoms with Crippen molar-refractivity contribution in [3.8, 4) is 5.75 Å². The third-order valence-electron chi connectivity index (χ3n) is 2.90. The van der Waals surface area contributed by atoms with Gasteiger partial charge in [-0.25, -0.2) is 4.98 Å². The zero-order valence-electron chi connectivity index (χ0n) is 12.1. The Bertz CT molecular complexity index is 714. The number of ether oxygens (including phenoxy) is 1. The van der Waals surface area contributed by atoms with Crippen LogP contribution in [-0.2, 0) is 4.79 Å². The molecule has 0 unspecified atom stereocenters. The summed E-state index contributed by atoms with van der Waals surface area (Å²) in [4.78, 5) is 20.6. The molecule has 0 bridgehead atoms. The summed E-state index contributed by atoms with van der Waals surface area (Å²) in [5.74, 6) is 1.04. The van der Waals surface area contributed by atoms with Gasteiger partial charge in [-0.2, -0.15) is 0 Å². The first-order chi connectivity index (χ1) is 10.7. The van der Waals surface area contributed by atoms with Crippen molar-refractivity contribution in [3.05, 3.63) is 18.2 Å². The third-order valence-corrected chi connectivity index (χ3v) is 4.81. The molecule has 2 N–H and O–H groups in total. The van der Waals surface area contributed by atoms with Crippen LogP contribution in [0.25, 0.3) is 10.2 Å². The molecule has 116 valence electrons. The molecular formula is C14H16N4O2S2. The van der Waals surface area contributed by atoms with Gasteiger partial charge >= 0.3 is 0 Å². The second-order valence-corrected chi connectivity index (χ2v) is 6.53. The minimum Gasteiger partial charge on any atom is -0.494 e. The van der Waals surface area contributed by atoms with E-state index < -0.39 is 0 Å². The average molecular weight is 336 g/mol. The Morgan fingerprint density at radius 3 is 3.23 bits per heavy atom. The highest BCUT2D eigenvalue weighted by atomic mass is 32.2. The number of aromatic nitrogens is 1. The Labute approximate surface area is 136 Å². The predicted molar refractivity (Wildman–Crippen MR) is 92.2 cm³/mol. The number of carbonyl (C=O) groups is 1. The molecule has 2 aromatic rings. The number of benzene rings is 1. The number of aliphatic imine (C=N–C) groups is 1. The highest BCUT2D eigenvalue weighted by Gasteiger charge is 2.11. The van der Waals surface area contributed by atoms with Gasteiger partial charge in [0.15, 0.2) is 10.3 Å². The lowest BCUT2D eigenvalue weighted by Crippen LogP contribution is -2.20. The van der Waals surface area contributed by atoms with Gasteiger partial charge in [-0.05, 0) is 19.1 Å². The maximum atomic E-state index is 11.9. The smallest absolute Gasteiger partial charge is 0.236 e. The van der Waals surface area contributed by atoms with E-state index in [0.717, 1.165) is 34.2 Å². The topological polar surface area (TPSA) is 75.6 Å². The van der Waals surface area contributed by atoms with Crippen molar-refractivity contribution in [2.75, 3.05) is 30.8 Å². The van der Waals surface area contributed by atoms with Crippen molar-refractivity contribution >= 4 is 49.5 Å². The first kappa shape index (κ1) is 15.1. The number of nitrogens with zero attached hydrogens (tertiary/aromatic N) is 2. The van der Waals surface area contributed by atoms with Crippen LogP contribution in [0, 0.1) is 0 Å². The predicted octanol–water partition coefficient (Wildman–Crippen LogP) is 2.33. The molecule has 0 saturated carbocycles. The van der Waals surface area contributed by atoms with Crippen LogP contribution in [0.3, 0.4) is 0 Å². The minimum absolute atomic E-state index is 0.0783. The molecule has 0 atom stereocenters. The number of hydrogen-bond acceptors (Lipinski definition) is 7. The van der Waals surface area contributed by atoms with Crippen LogP contribution in [0.4, 0.5) is 5.13 Å². The number of thioether (sulfide) groups is 1. The summed E-state index contributed by atoms with van der Waals surface area (Å²) in [5.41, 5.74) is 0.834. The standard InChI is InChI=1S/C14H16N4O2S2/c1-2-20-9-3-4-11-10(7-9)17-14(22-11)18-12(19)8-21-13-15-5-6-16-13/h3-4,7H,2,5-6,8H2,1H3,(H,15,16)(H,17,18,19). The number of amides is 1. The molecule has 1 amide bonds. The molecule has 0 spiro atoms. The van der Waals surface area contributed by atoms with E-state index >= 15 is 0 Å². The summed E-state index contributed by atoms with van der Waals surface area (Å²) in [6.45, 7) is 4.19. The molecule has 1 aromatic carbocycles. The number of thiazole rings is 1. The summed E-state index contributed by atoms with van der Waals surface area (Å²) in [6.07, 6.45) is 0. The molecule has 1 aromatic heterocycles. The molecule has 0 fully saturated rings. The van der Waals surface area contributed by atoms with Crippen molar-refractivity contribution in [1.29, 1.82) is 0 Å². The first-order valence-electron chi connectivity index (χ1n) is 6.99. The van der Waals surface area contributed by atoms with Gasteiger partial charge in [0, 0.05) is 12.6 Å². The monoisotopic (exact) mass is 336 g/mol. The van der Waals surface area contributed by atoms with Gasteiger partial charge in [0.2, 0.25) is 5.91 Å². The molecule has 2 heterocycles. The quantitative estimate of drug-likeness (QED) is 0.876. The molecule has 1 aliphatic heterocycles. The molecule has 3 rings (SSSR count). The van der Waals surface area contributed by atoms with Crippen LogP contribution in [0.15, 0.2) is 23.2 Å². The molecule has 6 nitrogen and oxygen atoms in total. The summed E-state index contributed by atoms with van der Waals surface area (Å²) in [5, 5.41) is 7.39. The highest BCUT2D eigenvalue weighted by Crippen LogP contribution is 2.29. The normalized spacial score (nSPS) is 13.8. The molecule has 0 radical (unpaired) electrons.